The number of likely N-dealkylation sites (tertiary alicyclic amines) is 1. The first-order chi connectivity index (χ1) is 18.2. The summed E-state index contributed by atoms with van der Waals surface area (Å²) < 4.78 is 37.5. The molecule has 1 saturated heterocycles. The fourth-order valence-electron chi connectivity index (χ4n) is 5.12. The number of aliphatic carboxylic acids is 1. The van der Waals surface area contributed by atoms with Crippen molar-refractivity contribution >= 4 is 16.9 Å². The van der Waals surface area contributed by atoms with E-state index in [4.69, 9.17) is 9.47 Å². The molecule has 2 aromatic carbocycles. The van der Waals surface area contributed by atoms with Crippen molar-refractivity contribution in [1.29, 1.82) is 0 Å². The lowest BCUT2D eigenvalue weighted by atomic mass is 9.74. The van der Waals surface area contributed by atoms with Gasteiger partial charge in [0.2, 0.25) is 0 Å². The molecule has 0 amide bonds. The minimum Gasteiger partial charge on any atom is -0.497 e. The topological polar surface area (TPSA) is 112 Å². The highest BCUT2D eigenvalue weighted by molar-refractivity contribution is 5.85. The smallest absolute Gasteiger partial charge is 0.309 e. The van der Waals surface area contributed by atoms with Crippen molar-refractivity contribution in [2.75, 3.05) is 33.4 Å². The molecule has 3 aromatic rings. The summed E-state index contributed by atoms with van der Waals surface area (Å²) >= 11 is 0. The van der Waals surface area contributed by atoms with Crippen LogP contribution in [-0.2, 0) is 11.4 Å². The molecular weight excluding hydrogens is 498 g/mol. The fourth-order valence-corrected chi connectivity index (χ4v) is 5.12. The second-order valence-electron chi connectivity index (χ2n) is 9.67. The lowest BCUT2D eigenvalue weighted by molar-refractivity contribution is -0.153. The van der Waals surface area contributed by atoms with Crippen molar-refractivity contribution < 1.29 is 38.4 Å². The van der Waals surface area contributed by atoms with Gasteiger partial charge in [0.15, 0.2) is 0 Å². The second-order valence-corrected chi connectivity index (χ2v) is 9.67. The SMILES string of the molecule is COc1ccc2ncc(CO)c([C@@H](O)CCC3(C(=O)O)CCN(CCOc4cc(F)cc(F)c4)CC3)c2c1. The van der Waals surface area contributed by atoms with E-state index in [1.54, 1.807) is 18.2 Å². The summed E-state index contributed by atoms with van der Waals surface area (Å²) in [5, 5.41) is 31.8. The van der Waals surface area contributed by atoms with Crippen molar-refractivity contribution in [2.24, 2.45) is 5.41 Å². The van der Waals surface area contributed by atoms with Gasteiger partial charge in [0, 0.05) is 41.9 Å². The van der Waals surface area contributed by atoms with Crippen LogP contribution < -0.4 is 9.47 Å². The Balaban J connectivity index is 1.39. The van der Waals surface area contributed by atoms with Gasteiger partial charge in [0.1, 0.15) is 29.7 Å². The Kier molecular flexibility index (Phi) is 8.76. The lowest BCUT2D eigenvalue weighted by Gasteiger charge is -2.39. The van der Waals surface area contributed by atoms with E-state index in [9.17, 15) is 28.9 Å². The van der Waals surface area contributed by atoms with Crippen molar-refractivity contribution in [1.82, 2.24) is 9.88 Å². The molecule has 0 bridgehead atoms. The molecule has 1 aliphatic rings. The van der Waals surface area contributed by atoms with Gasteiger partial charge in [-0.2, -0.15) is 0 Å². The standard InChI is InChI=1S/C28H32F2N2O6/c1-37-21-2-3-24-23(15-21)26(18(17-33)16-31-24)25(34)4-5-28(27(35)36)6-8-32(9-7-28)10-11-38-22-13-19(29)12-20(30)14-22/h2-3,12-16,25,33-34H,4-11,17H2,1H3,(H,35,36)/t25-/m0/s1. The Labute approximate surface area is 219 Å². The van der Waals surface area contributed by atoms with Crippen LogP contribution in [0.3, 0.4) is 0 Å². The maximum absolute atomic E-state index is 13.3. The predicted octanol–water partition coefficient (Wildman–Crippen LogP) is 4.07. The number of ether oxygens (including phenoxy) is 2. The minimum atomic E-state index is -0.996. The largest absolute Gasteiger partial charge is 0.497 e. The highest BCUT2D eigenvalue weighted by Crippen LogP contribution is 2.40. The zero-order valence-corrected chi connectivity index (χ0v) is 21.2. The van der Waals surface area contributed by atoms with Gasteiger partial charge in [0.25, 0.3) is 0 Å². The van der Waals surface area contributed by atoms with Crippen LogP contribution in [-0.4, -0.2) is 64.5 Å². The van der Waals surface area contributed by atoms with E-state index in [0.717, 1.165) is 18.2 Å². The van der Waals surface area contributed by atoms with E-state index < -0.39 is 29.1 Å². The maximum atomic E-state index is 13.3. The van der Waals surface area contributed by atoms with Gasteiger partial charge < -0.3 is 24.8 Å². The molecule has 38 heavy (non-hydrogen) atoms. The van der Waals surface area contributed by atoms with Crippen LogP contribution in [0.1, 0.15) is 42.9 Å². The Hall–Kier alpha value is -3.34. The molecule has 1 aliphatic heterocycles. The number of pyridine rings is 1. The van der Waals surface area contributed by atoms with Gasteiger partial charge in [-0.3, -0.25) is 14.7 Å². The van der Waals surface area contributed by atoms with Crippen LogP contribution in [0, 0.1) is 17.0 Å². The number of rotatable bonds is 11. The van der Waals surface area contributed by atoms with Crippen LogP contribution in [0.2, 0.25) is 0 Å². The molecule has 0 spiro atoms. The average Bonchev–Trinajstić information content (AvgIpc) is 2.90. The zero-order chi connectivity index (χ0) is 27.3. The molecule has 2 heterocycles. The van der Waals surface area contributed by atoms with Crippen LogP contribution in [0.25, 0.3) is 10.9 Å². The normalized spacial score (nSPS) is 16.3. The Morgan fingerprint density at radius 2 is 1.84 bits per heavy atom. The van der Waals surface area contributed by atoms with Crippen LogP contribution in [0.5, 0.6) is 11.5 Å². The number of carboxylic acid groups (broad SMARTS) is 1. The number of hydrogen-bond acceptors (Lipinski definition) is 7. The molecule has 0 unspecified atom stereocenters. The number of aliphatic hydroxyl groups excluding tert-OH is 2. The molecule has 0 saturated carbocycles. The van der Waals surface area contributed by atoms with Gasteiger partial charge in [0.05, 0.1) is 30.8 Å². The van der Waals surface area contributed by atoms with Crippen molar-refractivity contribution in [3.63, 3.8) is 0 Å². The first kappa shape index (κ1) is 27.7. The van der Waals surface area contributed by atoms with E-state index in [1.165, 1.54) is 13.3 Å². The predicted molar refractivity (Wildman–Crippen MR) is 136 cm³/mol. The molecule has 204 valence electrons. The van der Waals surface area contributed by atoms with Gasteiger partial charge in [-0.05, 0) is 62.5 Å². The Morgan fingerprint density at radius 3 is 2.47 bits per heavy atom. The molecule has 1 fully saturated rings. The highest BCUT2D eigenvalue weighted by Gasteiger charge is 2.41. The number of piperidine rings is 1. The number of carboxylic acids is 1. The summed E-state index contributed by atoms with van der Waals surface area (Å²) in [5.74, 6) is -1.63. The van der Waals surface area contributed by atoms with Gasteiger partial charge >= 0.3 is 5.97 Å². The second kappa shape index (κ2) is 12.0. The van der Waals surface area contributed by atoms with Crippen LogP contribution in [0.4, 0.5) is 8.78 Å². The third kappa shape index (κ3) is 6.20. The maximum Gasteiger partial charge on any atom is 0.309 e. The molecule has 3 N–H and O–H groups in total. The molecule has 10 heteroatoms. The average molecular weight is 531 g/mol. The van der Waals surface area contributed by atoms with E-state index in [1.807, 2.05) is 0 Å². The zero-order valence-electron chi connectivity index (χ0n) is 21.2. The minimum absolute atomic E-state index is 0.108. The van der Waals surface area contributed by atoms with Crippen LogP contribution >= 0.6 is 0 Å². The number of benzene rings is 2. The molecule has 4 rings (SSSR count). The Bertz CT molecular complexity index is 1250. The summed E-state index contributed by atoms with van der Waals surface area (Å²) in [5.41, 5.74) is 0.654. The van der Waals surface area contributed by atoms with Crippen molar-refractivity contribution in [3.8, 4) is 11.5 Å². The molecule has 8 nitrogen and oxygen atoms in total. The number of aromatic nitrogens is 1. The molecular formula is C28H32F2N2O6. The summed E-state index contributed by atoms with van der Waals surface area (Å²) in [6.45, 7) is 1.42. The highest BCUT2D eigenvalue weighted by atomic mass is 19.1. The first-order valence-corrected chi connectivity index (χ1v) is 12.5. The lowest BCUT2D eigenvalue weighted by Crippen LogP contribution is -2.45. The van der Waals surface area contributed by atoms with Gasteiger partial charge in [-0.15, -0.1) is 0 Å². The molecule has 1 aromatic heterocycles. The number of aliphatic hydroxyl groups is 2. The van der Waals surface area contributed by atoms with E-state index in [0.29, 0.717) is 60.3 Å². The number of methoxy groups -OCH3 is 1. The van der Waals surface area contributed by atoms with Crippen molar-refractivity contribution in [3.05, 3.63) is 65.4 Å². The number of halogens is 2. The number of hydrogen-bond donors (Lipinski definition) is 3. The monoisotopic (exact) mass is 530 g/mol. The molecule has 0 aliphatic carbocycles. The summed E-state index contributed by atoms with van der Waals surface area (Å²) in [6.07, 6.45) is 1.77. The third-order valence-corrected chi connectivity index (χ3v) is 7.38. The number of carbonyl (C=O) groups is 1. The van der Waals surface area contributed by atoms with Crippen molar-refractivity contribution in [2.45, 2.75) is 38.4 Å². The van der Waals surface area contributed by atoms with E-state index in [-0.39, 0.29) is 31.8 Å². The summed E-state index contributed by atoms with van der Waals surface area (Å²) in [7, 11) is 1.54. The summed E-state index contributed by atoms with van der Waals surface area (Å²) in [6, 6.07) is 8.30. The van der Waals surface area contributed by atoms with Gasteiger partial charge in [-0.1, -0.05) is 0 Å². The van der Waals surface area contributed by atoms with Gasteiger partial charge in [-0.25, -0.2) is 8.78 Å². The third-order valence-electron chi connectivity index (χ3n) is 7.38. The molecule has 1 atom stereocenters. The number of fused-ring (bicyclic) bond motifs is 1. The van der Waals surface area contributed by atoms with E-state index >= 15 is 0 Å². The summed E-state index contributed by atoms with van der Waals surface area (Å²) in [4.78, 5) is 18.8. The fraction of sp³-hybridized carbons (Fsp3) is 0.429. The quantitative estimate of drug-likeness (QED) is 0.340. The van der Waals surface area contributed by atoms with Crippen LogP contribution in [0.15, 0.2) is 42.6 Å². The number of nitrogens with zero attached hydrogens (tertiary/aromatic N) is 2. The van der Waals surface area contributed by atoms with E-state index in [2.05, 4.69) is 9.88 Å². The first-order valence-electron chi connectivity index (χ1n) is 12.5. The Morgan fingerprint density at radius 1 is 1.13 bits per heavy atom. The molecule has 0 radical (unpaired) electrons.